The van der Waals surface area contributed by atoms with Gasteiger partial charge in [0, 0.05) is 28.3 Å². The fourth-order valence-corrected chi connectivity index (χ4v) is 4.09. The molecule has 2 aromatic rings. The number of thiocarbonyl (C=S) groups is 1. The summed E-state index contributed by atoms with van der Waals surface area (Å²) in [4.78, 5) is 28.8. The lowest BCUT2D eigenvalue weighted by Gasteiger charge is -2.23. The minimum Gasteiger partial charge on any atom is -0.336 e. The third-order valence-electron chi connectivity index (χ3n) is 4.78. The summed E-state index contributed by atoms with van der Waals surface area (Å²) in [7, 11) is 0. The summed E-state index contributed by atoms with van der Waals surface area (Å²) in [6.45, 7) is 2.92. The normalized spacial score (nSPS) is 16.4. The molecule has 0 bridgehead atoms. The number of carbonyl (C=O) groups is 2. The molecule has 0 aromatic heterocycles. The van der Waals surface area contributed by atoms with Crippen LogP contribution >= 0.6 is 39.7 Å². The summed E-state index contributed by atoms with van der Waals surface area (Å²) in [5, 5.41) is 4.01. The maximum Gasteiger partial charge on any atom is 0.252 e. The Bertz CT molecular complexity index is 905. The van der Waals surface area contributed by atoms with Crippen LogP contribution in [0.1, 0.15) is 18.9 Å². The molecule has 1 fully saturated rings. The number of halogens is 2. The number of hydrogen-bond acceptors (Lipinski definition) is 3. The van der Waals surface area contributed by atoms with Gasteiger partial charge in [-0.3, -0.25) is 14.5 Å². The number of rotatable bonds is 7. The minimum absolute atomic E-state index is 0.0478. The highest BCUT2D eigenvalue weighted by atomic mass is 79.9. The molecule has 152 valence electrons. The molecule has 8 heteroatoms. The fourth-order valence-electron chi connectivity index (χ4n) is 3.26. The van der Waals surface area contributed by atoms with Crippen molar-refractivity contribution in [3.8, 4) is 0 Å². The SMILES string of the molecule is CCN1C(=O)C(CC(=O)Nc2ccc(Br)cc2)N(CCc2ccc(Cl)cc2)C1=S. The number of likely N-dealkylation sites (N-methyl/N-ethyl adjacent to an activating group) is 1. The second-order valence-electron chi connectivity index (χ2n) is 6.71. The van der Waals surface area contributed by atoms with Crippen LogP contribution in [0, 0.1) is 0 Å². The summed E-state index contributed by atoms with van der Waals surface area (Å²) >= 11 is 14.8. The lowest BCUT2D eigenvalue weighted by molar-refractivity contribution is -0.130. The van der Waals surface area contributed by atoms with Gasteiger partial charge < -0.3 is 10.2 Å². The molecule has 0 aliphatic carbocycles. The van der Waals surface area contributed by atoms with E-state index in [2.05, 4.69) is 21.2 Å². The van der Waals surface area contributed by atoms with Gasteiger partial charge in [-0.1, -0.05) is 39.7 Å². The van der Waals surface area contributed by atoms with Gasteiger partial charge in [-0.15, -0.1) is 0 Å². The number of benzene rings is 2. The van der Waals surface area contributed by atoms with Gasteiger partial charge in [0.1, 0.15) is 6.04 Å². The highest BCUT2D eigenvalue weighted by Gasteiger charge is 2.42. The van der Waals surface area contributed by atoms with Gasteiger partial charge in [0.05, 0.1) is 6.42 Å². The van der Waals surface area contributed by atoms with Crippen molar-refractivity contribution in [2.24, 2.45) is 0 Å². The Labute approximate surface area is 189 Å². The zero-order chi connectivity index (χ0) is 21.0. The second kappa shape index (κ2) is 9.69. The first-order valence-corrected chi connectivity index (χ1v) is 10.9. The average Bonchev–Trinajstić information content (AvgIpc) is 2.92. The van der Waals surface area contributed by atoms with E-state index in [0.717, 1.165) is 10.0 Å². The minimum atomic E-state index is -0.592. The maximum absolute atomic E-state index is 12.8. The van der Waals surface area contributed by atoms with Gasteiger partial charge in [-0.25, -0.2) is 0 Å². The lowest BCUT2D eigenvalue weighted by Crippen LogP contribution is -2.39. The van der Waals surface area contributed by atoms with Gasteiger partial charge in [0.25, 0.3) is 5.91 Å². The Morgan fingerprint density at radius 3 is 2.45 bits per heavy atom. The summed E-state index contributed by atoms with van der Waals surface area (Å²) in [6.07, 6.45) is 0.749. The molecule has 1 saturated heterocycles. The zero-order valence-electron chi connectivity index (χ0n) is 15.9. The predicted molar refractivity (Wildman–Crippen MR) is 123 cm³/mol. The molecule has 0 radical (unpaired) electrons. The van der Waals surface area contributed by atoms with Crippen LogP contribution in [0.4, 0.5) is 5.69 Å². The Hall–Kier alpha value is -1.96. The van der Waals surface area contributed by atoms with Crippen LogP contribution in [-0.4, -0.2) is 45.9 Å². The molecule has 2 amide bonds. The number of nitrogens with one attached hydrogen (secondary N) is 1. The van der Waals surface area contributed by atoms with Crippen LogP contribution in [0.25, 0.3) is 0 Å². The molecular weight excluding hydrogens is 474 g/mol. The summed E-state index contributed by atoms with van der Waals surface area (Å²) < 4.78 is 0.929. The number of anilines is 1. The average molecular weight is 495 g/mol. The van der Waals surface area contributed by atoms with Crippen molar-refractivity contribution in [3.05, 3.63) is 63.6 Å². The van der Waals surface area contributed by atoms with E-state index in [0.29, 0.717) is 35.3 Å². The highest BCUT2D eigenvalue weighted by molar-refractivity contribution is 9.10. The predicted octanol–water partition coefficient (Wildman–Crippen LogP) is 4.49. The summed E-state index contributed by atoms with van der Waals surface area (Å²) in [5.41, 5.74) is 1.78. The molecular formula is C21H21BrClN3O2S. The first-order chi connectivity index (χ1) is 13.9. The van der Waals surface area contributed by atoms with Crippen molar-refractivity contribution in [1.82, 2.24) is 9.80 Å². The molecule has 2 aromatic carbocycles. The van der Waals surface area contributed by atoms with E-state index in [1.54, 1.807) is 17.0 Å². The Morgan fingerprint density at radius 1 is 1.17 bits per heavy atom. The number of carbonyl (C=O) groups excluding carboxylic acids is 2. The van der Waals surface area contributed by atoms with Crippen LogP contribution < -0.4 is 5.32 Å². The van der Waals surface area contributed by atoms with Gasteiger partial charge >= 0.3 is 0 Å². The van der Waals surface area contributed by atoms with Crippen molar-refractivity contribution < 1.29 is 9.59 Å². The lowest BCUT2D eigenvalue weighted by atomic mass is 10.1. The molecule has 1 aliphatic heterocycles. The van der Waals surface area contributed by atoms with E-state index in [4.69, 9.17) is 23.8 Å². The Kier molecular flexibility index (Phi) is 7.27. The monoisotopic (exact) mass is 493 g/mol. The van der Waals surface area contributed by atoms with Crippen molar-refractivity contribution in [2.45, 2.75) is 25.8 Å². The molecule has 3 rings (SSSR count). The van der Waals surface area contributed by atoms with Crippen molar-refractivity contribution in [1.29, 1.82) is 0 Å². The molecule has 1 aliphatic rings. The number of hydrogen-bond donors (Lipinski definition) is 1. The number of nitrogens with zero attached hydrogens (tertiary/aromatic N) is 2. The molecule has 1 heterocycles. The maximum atomic E-state index is 12.8. The highest BCUT2D eigenvalue weighted by Crippen LogP contribution is 2.23. The van der Waals surface area contributed by atoms with Gasteiger partial charge in [0.2, 0.25) is 5.91 Å². The molecule has 1 unspecified atom stereocenters. The molecule has 1 atom stereocenters. The van der Waals surface area contributed by atoms with Crippen LogP contribution in [0.3, 0.4) is 0 Å². The summed E-state index contributed by atoms with van der Waals surface area (Å²) in [6, 6.07) is 14.3. The van der Waals surface area contributed by atoms with Crippen molar-refractivity contribution >= 4 is 62.4 Å². The van der Waals surface area contributed by atoms with Gasteiger partial charge in [-0.05, 0) is 67.5 Å². The topological polar surface area (TPSA) is 52.7 Å². The van der Waals surface area contributed by atoms with Crippen molar-refractivity contribution in [2.75, 3.05) is 18.4 Å². The van der Waals surface area contributed by atoms with Gasteiger partial charge in [0.15, 0.2) is 5.11 Å². The quantitative estimate of drug-likeness (QED) is 0.576. The largest absolute Gasteiger partial charge is 0.336 e. The third kappa shape index (κ3) is 5.35. The molecule has 0 saturated carbocycles. The standard InChI is InChI=1S/C21H21BrClN3O2S/c1-2-25-20(28)18(13-19(27)24-17-9-5-15(22)6-10-17)26(21(25)29)12-11-14-3-7-16(23)8-4-14/h3-10,18H,2,11-13H2,1H3,(H,24,27). The van der Waals surface area contributed by atoms with E-state index >= 15 is 0 Å². The first kappa shape index (κ1) is 21.7. The molecule has 1 N–H and O–H groups in total. The van der Waals surface area contributed by atoms with Crippen molar-refractivity contribution in [3.63, 3.8) is 0 Å². The van der Waals surface area contributed by atoms with E-state index < -0.39 is 6.04 Å². The molecule has 5 nitrogen and oxygen atoms in total. The summed E-state index contributed by atoms with van der Waals surface area (Å²) in [5.74, 6) is -0.345. The van der Waals surface area contributed by atoms with Crippen LogP contribution in [0.5, 0.6) is 0 Å². The smallest absolute Gasteiger partial charge is 0.252 e. The van der Waals surface area contributed by atoms with E-state index in [1.165, 1.54) is 0 Å². The Balaban J connectivity index is 1.69. The first-order valence-electron chi connectivity index (χ1n) is 9.31. The Morgan fingerprint density at radius 2 is 1.83 bits per heavy atom. The zero-order valence-corrected chi connectivity index (χ0v) is 19.1. The molecule has 29 heavy (non-hydrogen) atoms. The van der Waals surface area contributed by atoms with Crippen LogP contribution in [0.2, 0.25) is 5.02 Å². The van der Waals surface area contributed by atoms with Crippen LogP contribution in [-0.2, 0) is 16.0 Å². The second-order valence-corrected chi connectivity index (χ2v) is 8.43. The van der Waals surface area contributed by atoms with Gasteiger partial charge in [-0.2, -0.15) is 0 Å². The molecule has 0 spiro atoms. The van der Waals surface area contributed by atoms with Crippen LogP contribution in [0.15, 0.2) is 53.0 Å². The van der Waals surface area contributed by atoms with E-state index in [9.17, 15) is 9.59 Å². The van der Waals surface area contributed by atoms with E-state index in [-0.39, 0.29) is 18.2 Å². The van der Waals surface area contributed by atoms with E-state index in [1.807, 2.05) is 48.2 Å². The number of amides is 2. The third-order valence-corrected chi connectivity index (χ3v) is 6.02. The fraction of sp³-hybridized carbons (Fsp3) is 0.286.